The van der Waals surface area contributed by atoms with E-state index in [1.54, 1.807) is 0 Å². The van der Waals surface area contributed by atoms with Crippen molar-refractivity contribution in [2.75, 3.05) is 0 Å². The molecule has 0 aromatic heterocycles. The molecule has 0 spiro atoms. The van der Waals surface area contributed by atoms with E-state index >= 15 is 0 Å². The molecule has 2 aliphatic carbocycles. The molecule has 2 rings (SSSR count). The minimum atomic E-state index is 1.23. The van der Waals surface area contributed by atoms with E-state index in [1.165, 1.54) is 48.8 Å². The van der Waals surface area contributed by atoms with Crippen LogP contribution < -0.4 is 0 Å². The molecule has 0 amide bonds. The van der Waals surface area contributed by atoms with Gasteiger partial charge in [0.15, 0.2) is 0 Å². The number of rotatable bonds is 5. The van der Waals surface area contributed by atoms with Crippen LogP contribution in [0.2, 0.25) is 0 Å². The summed E-state index contributed by atoms with van der Waals surface area (Å²) in [6, 6.07) is 15.2. The zero-order chi connectivity index (χ0) is 11.2. The van der Waals surface area contributed by atoms with Crippen LogP contribution in [0.1, 0.15) is 38.2 Å². The predicted octanol–water partition coefficient (Wildman–Crippen LogP) is 4.91. The van der Waals surface area contributed by atoms with Gasteiger partial charge in [0, 0.05) is 0 Å². The smallest absolute Gasteiger partial charge is 0.0146 e. The lowest BCUT2D eigenvalue weighted by Gasteiger charge is -1.99. The molecule has 0 nitrogen and oxygen atoms in total. The Balaban J connectivity index is 2.00. The molecule has 16 heavy (non-hydrogen) atoms. The molecule has 0 heterocycles. The second kappa shape index (κ2) is 5.69. The van der Waals surface area contributed by atoms with Crippen LogP contribution in [0.5, 0.6) is 0 Å². The molecular weight excluding hydrogens is 192 g/mol. The Labute approximate surface area is 98.7 Å². The van der Waals surface area contributed by atoms with E-state index in [9.17, 15) is 0 Å². The Morgan fingerprint density at radius 3 is 2.50 bits per heavy atom. The summed E-state index contributed by atoms with van der Waals surface area (Å²) in [4.78, 5) is 0. The topological polar surface area (TPSA) is 0 Å². The van der Waals surface area contributed by atoms with Crippen molar-refractivity contribution in [2.45, 2.75) is 39.0 Å². The van der Waals surface area contributed by atoms with Gasteiger partial charge in [0.05, 0.1) is 0 Å². The quantitative estimate of drug-likeness (QED) is 0.617. The zero-order valence-electron chi connectivity index (χ0n) is 10.1. The van der Waals surface area contributed by atoms with Crippen molar-refractivity contribution in [3.63, 3.8) is 0 Å². The van der Waals surface area contributed by atoms with Gasteiger partial charge < -0.3 is 0 Å². The van der Waals surface area contributed by atoms with Crippen molar-refractivity contribution >= 4 is 0 Å². The average Bonchev–Trinajstić information content (AvgIpc) is 3.04. The Bertz CT molecular complexity index is 403. The Morgan fingerprint density at radius 2 is 1.69 bits per heavy atom. The van der Waals surface area contributed by atoms with Gasteiger partial charge in [-0.05, 0) is 35.6 Å². The Morgan fingerprint density at radius 1 is 0.875 bits per heavy atom. The minimum Gasteiger partial charge on any atom is -0.0654 e. The second-order valence-corrected chi connectivity index (χ2v) is 4.45. The van der Waals surface area contributed by atoms with Crippen LogP contribution in [-0.2, 0) is 6.42 Å². The van der Waals surface area contributed by atoms with Crippen molar-refractivity contribution in [3.05, 3.63) is 48.0 Å². The molecule has 0 radical (unpaired) electrons. The van der Waals surface area contributed by atoms with Crippen molar-refractivity contribution in [1.29, 1.82) is 0 Å². The van der Waals surface area contributed by atoms with Crippen LogP contribution in [0.25, 0.3) is 11.1 Å². The second-order valence-electron chi connectivity index (χ2n) is 4.45. The monoisotopic (exact) mass is 212 g/mol. The Hall–Kier alpha value is -1.30. The highest BCUT2D eigenvalue weighted by Crippen LogP contribution is 2.34. The summed E-state index contributed by atoms with van der Waals surface area (Å²) in [6.45, 7) is 2.26. The van der Waals surface area contributed by atoms with Gasteiger partial charge in [-0.2, -0.15) is 0 Å². The van der Waals surface area contributed by atoms with Crippen molar-refractivity contribution < 1.29 is 0 Å². The van der Waals surface area contributed by atoms with Gasteiger partial charge in [-0.3, -0.25) is 0 Å². The summed E-state index contributed by atoms with van der Waals surface area (Å²) in [5, 5.41) is 0. The maximum atomic E-state index is 2.29. The lowest BCUT2D eigenvalue weighted by atomic mass is 10.1. The SMILES string of the molecule is CCCCCCc1ccccccc2cc1-2. The van der Waals surface area contributed by atoms with E-state index in [0.717, 1.165) is 0 Å². The summed E-state index contributed by atoms with van der Waals surface area (Å²) >= 11 is 0. The van der Waals surface area contributed by atoms with Crippen LogP contribution >= 0.6 is 0 Å². The summed E-state index contributed by atoms with van der Waals surface area (Å²) in [5.74, 6) is 0. The zero-order valence-corrected chi connectivity index (χ0v) is 10.1. The lowest BCUT2D eigenvalue weighted by Crippen LogP contribution is -1.83. The molecule has 0 aliphatic heterocycles. The lowest BCUT2D eigenvalue weighted by molar-refractivity contribution is 0.668. The molecule has 2 aliphatic rings. The fraction of sp³-hybridized carbons (Fsp3) is 0.375. The third-order valence-corrected chi connectivity index (χ3v) is 3.08. The Kier molecular flexibility index (Phi) is 3.98. The number of unbranched alkanes of at least 4 members (excludes halogenated alkanes) is 3. The predicted molar refractivity (Wildman–Crippen MR) is 70.9 cm³/mol. The van der Waals surface area contributed by atoms with E-state index in [2.05, 4.69) is 49.4 Å². The number of aryl methyl sites for hydroxylation is 1. The van der Waals surface area contributed by atoms with Crippen molar-refractivity contribution in [2.24, 2.45) is 0 Å². The molecule has 0 aromatic rings. The first-order valence-electron chi connectivity index (χ1n) is 6.38. The van der Waals surface area contributed by atoms with Crippen LogP contribution in [-0.4, -0.2) is 0 Å². The van der Waals surface area contributed by atoms with Gasteiger partial charge in [-0.1, -0.05) is 62.6 Å². The van der Waals surface area contributed by atoms with Gasteiger partial charge in [0.25, 0.3) is 0 Å². The molecule has 0 N–H and O–H groups in total. The van der Waals surface area contributed by atoms with Crippen LogP contribution in [0.15, 0.2) is 42.5 Å². The van der Waals surface area contributed by atoms with Gasteiger partial charge in [0.2, 0.25) is 0 Å². The first-order valence-corrected chi connectivity index (χ1v) is 6.38. The fourth-order valence-electron chi connectivity index (χ4n) is 2.04. The van der Waals surface area contributed by atoms with Crippen molar-refractivity contribution in [3.8, 4) is 11.1 Å². The maximum Gasteiger partial charge on any atom is -0.0146 e. The molecule has 0 saturated heterocycles. The number of hydrogen-bond acceptors (Lipinski definition) is 0. The molecule has 84 valence electrons. The summed E-state index contributed by atoms with van der Waals surface area (Å²) in [7, 11) is 0. The molecule has 0 aromatic carbocycles. The number of hydrogen-bond donors (Lipinski definition) is 0. The average molecular weight is 212 g/mol. The summed E-state index contributed by atoms with van der Waals surface area (Å²) < 4.78 is 0. The summed E-state index contributed by atoms with van der Waals surface area (Å²) in [5.41, 5.74) is 4.41. The molecular formula is C16H20. The fourth-order valence-corrected chi connectivity index (χ4v) is 2.04. The van der Waals surface area contributed by atoms with Gasteiger partial charge >= 0.3 is 0 Å². The van der Waals surface area contributed by atoms with E-state index in [-0.39, 0.29) is 0 Å². The van der Waals surface area contributed by atoms with Crippen molar-refractivity contribution in [1.82, 2.24) is 0 Å². The molecule has 0 heteroatoms. The highest BCUT2D eigenvalue weighted by molar-refractivity contribution is 5.81. The van der Waals surface area contributed by atoms with E-state index in [4.69, 9.17) is 0 Å². The maximum absolute atomic E-state index is 2.29. The highest BCUT2D eigenvalue weighted by atomic mass is 14.2. The summed E-state index contributed by atoms with van der Waals surface area (Å²) in [6.07, 6.45) is 6.60. The molecule has 0 saturated carbocycles. The van der Waals surface area contributed by atoms with Gasteiger partial charge in [0.1, 0.15) is 0 Å². The van der Waals surface area contributed by atoms with Crippen LogP contribution in [0.4, 0.5) is 0 Å². The van der Waals surface area contributed by atoms with Gasteiger partial charge in [-0.15, -0.1) is 0 Å². The van der Waals surface area contributed by atoms with E-state index < -0.39 is 0 Å². The van der Waals surface area contributed by atoms with Crippen LogP contribution in [0, 0.1) is 0 Å². The molecule has 0 fully saturated rings. The standard InChI is InChI=1S/C16H20/c1-2-3-4-7-10-14-11-8-5-6-9-12-15-13-16(14)15/h5-6,8-9,11-13H,2-4,7,10H2,1H3. The first-order chi connectivity index (χ1) is 7.92. The highest BCUT2D eigenvalue weighted by Gasteiger charge is 2.11. The molecule has 0 unspecified atom stereocenters. The minimum absolute atomic E-state index is 1.23. The molecule has 0 bridgehead atoms. The van der Waals surface area contributed by atoms with Crippen LogP contribution in [0.3, 0.4) is 0 Å². The number of fused-ring (bicyclic) bond motifs is 1. The van der Waals surface area contributed by atoms with Gasteiger partial charge in [-0.25, -0.2) is 0 Å². The first kappa shape index (κ1) is 11.2. The van der Waals surface area contributed by atoms with E-state index in [1.807, 2.05) is 0 Å². The largest absolute Gasteiger partial charge is 0.0654 e. The molecule has 0 atom stereocenters. The van der Waals surface area contributed by atoms with E-state index in [0.29, 0.717) is 0 Å². The third-order valence-electron chi connectivity index (χ3n) is 3.08. The third kappa shape index (κ3) is 3.10. The normalized spacial score (nSPS) is 10.8.